The number of nitrogens with one attached hydrogen (secondary N) is 1. The summed E-state index contributed by atoms with van der Waals surface area (Å²) < 4.78 is 0.910. The van der Waals surface area contributed by atoms with Crippen LogP contribution in [0.15, 0.2) is 22.8 Å². The SMILES string of the molecule is Brc1cccc(CNCCN2CCCCC2)n1. The lowest BCUT2D eigenvalue weighted by molar-refractivity contribution is 0.229. The molecular weight excluding hydrogens is 278 g/mol. The van der Waals surface area contributed by atoms with Crippen LogP contribution in [0.1, 0.15) is 25.0 Å². The highest BCUT2D eigenvalue weighted by molar-refractivity contribution is 9.10. The van der Waals surface area contributed by atoms with E-state index < -0.39 is 0 Å². The molecule has 4 heteroatoms. The number of piperidine rings is 1. The molecular formula is C13H20BrN3. The van der Waals surface area contributed by atoms with Gasteiger partial charge in [0.2, 0.25) is 0 Å². The number of halogens is 1. The summed E-state index contributed by atoms with van der Waals surface area (Å²) in [5.74, 6) is 0. The molecule has 2 heterocycles. The molecule has 3 nitrogen and oxygen atoms in total. The molecule has 0 spiro atoms. The molecule has 1 aromatic heterocycles. The summed E-state index contributed by atoms with van der Waals surface area (Å²) in [7, 11) is 0. The van der Waals surface area contributed by atoms with Gasteiger partial charge in [-0.3, -0.25) is 0 Å². The molecule has 1 aliphatic rings. The van der Waals surface area contributed by atoms with E-state index in [2.05, 4.69) is 37.2 Å². The van der Waals surface area contributed by atoms with E-state index >= 15 is 0 Å². The summed E-state index contributed by atoms with van der Waals surface area (Å²) in [5, 5.41) is 3.45. The molecule has 1 fully saturated rings. The van der Waals surface area contributed by atoms with Crippen LogP contribution in [0.2, 0.25) is 0 Å². The number of aromatic nitrogens is 1. The average molecular weight is 298 g/mol. The lowest BCUT2D eigenvalue weighted by Crippen LogP contribution is -2.35. The van der Waals surface area contributed by atoms with Crippen LogP contribution in [0.4, 0.5) is 0 Å². The third kappa shape index (κ3) is 4.74. The summed E-state index contributed by atoms with van der Waals surface area (Å²) in [5.41, 5.74) is 1.10. The van der Waals surface area contributed by atoms with Crippen LogP contribution in [0.3, 0.4) is 0 Å². The number of pyridine rings is 1. The van der Waals surface area contributed by atoms with Crippen LogP contribution < -0.4 is 5.32 Å². The number of nitrogens with zero attached hydrogens (tertiary/aromatic N) is 2. The first-order valence-corrected chi connectivity index (χ1v) is 7.18. The Bertz CT molecular complexity index is 337. The smallest absolute Gasteiger partial charge is 0.106 e. The molecule has 0 aliphatic carbocycles. The van der Waals surface area contributed by atoms with Gasteiger partial charge < -0.3 is 10.2 Å². The van der Waals surface area contributed by atoms with Crippen LogP contribution in [0.5, 0.6) is 0 Å². The predicted molar refractivity (Wildman–Crippen MR) is 73.9 cm³/mol. The minimum Gasteiger partial charge on any atom is -0.310 e. The van der Waals surface area contributed by atoms with Gasteiger partial charge >= 0.3 is 0 Å². The fourth-order valence-corrected chi connectivity index (χ4v) is 2.57. The van der Waals surface area contributed by atoms with Gasteiger partial charge in [0.05, 0.1) is 5.69 Å². The van der Waals surface area contributed by atoms with Gasteiger partial charge in [-0.2, -0.15) is 0 Å². The first-order valence-electron chi connectivity index (χ1n) is 6.39. The van der Waals surface area contributed by atoms with Gasteiger partial charge in [0.25, 0.3) is 0 Å². The molecule has 0 amide bonds. The molecule has 0 unspecified atom stereocenters. The molecule has 0 atom stereocenters. The van der Waals surface area contributed by atoms with Crippen molar-refractivity contribution in [2.24, 2.45) is 0 Å². The second-order valence-electron chi connectivity index (χ2n) is 4.53. The molecule has 0 aromatic carbocycles. The molecule has 1 N–H and O–H groups in total. The van der Waals surface area contributed by atoms with Crippen molar-refractivity contribution in [3.8, 4) is 0 Å². The van der Waals surface area contributed by atoms with Crippen molar-refractivity contribution < 1.29 is 0 Å². The van der Waals surface area contributed by atoms with Crippen LogP contribution in [0, 0.1) is 0 Å². The van der Waals surface area contributed by atoms with Crippen molar-refractivity contribution in [3.05, 3.63) is 28.5 Å². The molecule has 94 valence electrons. The zero-order valence-corrected chi connectivity index (χ0v) is 11.7. The van der Waals surface area contributed by atoms with E-state index in [9.17, 15) is 0 Å². The maximum Gasteiger partial charge on any atom is 0.106 e. The van der Waals surface area contributed by atoms with Crippen molar-refractivity contribution in [2.45, 2.75) is 25.8 Å². The van der Waals surface area contributed by atoms with Gasteiger partial charge in [-0.25, -0.2) is 4.98 Å². The third-order valence-electron chi connectivity index (χ3n) is 3.13. The molecule has 1 aromatic rings. The highest BCUT2D eigenvalue weighted by Crippen LogP contribution is 2.08. The maximum atomic E-state index is 4.40. The van der Waals surface area contributed by atoms with Crippen LogP contribution in [-0.4, -0.2) is 36.1 Å². The van der Waals surface area contributed by atoms with Gasteiger partial charge in [-0.1, -0.05) is 12.5 Å². The standard InChI is InChI=1S/C13H20BrN3/c14-13-6-4-5-12(16-13)11-15-7-10-17-8-2-1-3-9-17/h4-6,15H,1-3,7-11H2. The molecule has 2 rings (SSSR count). The van der Waals surface area contributed by atoms with E-state index in [1.165, 1.54) is 32.4 Å². The van der Waals surface area contributed by atoms with Gasteiger partial charge in [0, 0.05) is 19.6 Å². The summed E-state index contributed by atoms with van der Waals surface area (Å²) in [6.45, 7) is 5.61. The fraction of sp³-hybridized carbons (Fsp3) is 0.615. The van der Waals surface area contributed by atoms with Crippen molar-refractivity contribution in [3.63, 3.8) is 0 Å². The largest absolute Gasteiger partial charge is 0.310 e. The fourth-order valence-electron chi connectivity index (χ4n) is 2.19. The van der Waals surface area contributed by atoms with Gasteiger partial charge in [0.1, 0.15) is 4.60 Å². The first-order chi connectivity index (χ1) is 8.34. The van der Waals surface area contributed by atoms with Crippen molar-refractivity contribution in [1.29, 1.82) is 0 Å². The normalized spacial score (nSPS) is 17.2. The highest BCUT2D eigenvalue weighted by atomic mass is 79.9. The van der Waals surface area contributed by atoms with Gasteiger partial charge in [-0.05, 0) is 54.0 Å². The molecule has 1 aliphatic heterocycles. The second kappa shape index (κ2) is 7.09. The summed E-state index contributed by atoms with van der Waals surface area (Å²) in [6.07, 6.45) is 4.15. The second-order valence-corrected chi connectivity index (χ2v) is 5.34. The van der Waals surface area contributed by atoms with E-state index in [-0.39, 0.29) is 0 Å². The topological polar surface area (TPSA) is 28.2 Å². The Balaban J connectivity index is 1.62. The summed E-state index contributed by atoms with van der Waals surface area (Å²) >= 11 is 3.39. The van der Waals surface area contributed by atoms with Gasteiger partial charge in [0.15, 0.2) is 0 Å². The van der Waals surface area contributed by atoms with E-state index in [1.807, 2.05) is 12.1 Å². The zero-order valence-electron chi connectivity index (χ0n) is 10.2. The Kier molecular flexibility index (Phi) is 5.42. The maximum absolute atomic E-state index is 4.40. The van der Waals surface area contributed by atoms with Crippen LogP contribution in [0.25, 0.3) is 0 Å². The predicted octanol–water partition coefficient (Wildman–Crippen LogP) is 2.42. The first kappa shape index (κ1) is 13.0. The quantitative estimate of drug-likeness (QED) is 0.668. The summed E-state index contributed by atoms with van der Waals surface area (Å²) in [4.78, 5) is 6.94. The third-order valence-corrected chi connectivity index (χ3v) is 3.57. The van der Waals surface area contributed by atoms with E-state index in [1.54, 1.807) is 0 Å². The molecule has 0 saturated carbocycles. The molecule has 17 heavy (non-hydrogen) atoms. The Labute approximate surface area is 112 Å². The van der Waals surface area contributed by atoms with Crippen LogP contribution >= 0.6 is 15.9 Å². The molecule has 0 bridgehead atoms. The Hall–Kier alpha value is -0.450. The lowest BCUT2D eigenvalue weighted by atomic mass is 10.1. The minimum absolute atomic E-state index is 0.854. The molecule has 1 saturated heterocycles. The summed E-state index contributed by atoms with van der Waals surface area (Å²) in [6, 6.07) is 6.04. The van der Waals surface area contributed by atoms with Crippen molar-refractivity contribution in [2.75, 3.05) is 26.2 Å². The Morgan fingerprint density at radius 3 is 2.82 bits per heavy atom. The van der Waals surface area contributed by atoms with Crippen LogP contribution in [-0.2, 0) is 6.54 Å². The monoisotopic (exact) mass is 297 g/mol. The Morgan fingerprint density at radius 2 is 2.06 bits per heavy atom. The van der Waals surface area contributed by atoms with Crippen molar-refractivity contribution >= 4 is 15.9 Å². The number of likely N-dealkylation sites (tertiary alicyclic amines) is 1. The van der Waals surface area contributed by atoms with Gasteiger partial charge in [-0.15, -0.1) is 0 Å². The molecule has 0 radical (unpaired) electrons. The Morgan fingerprint density at radius 1 is 1.24 bits per heavy atom. The highest BCUT2D eigenvalue weighted by Gasteiger charge is 2.08. The number of rotatable bonds is 5. The zero-order chi connectivity index (χ0) is 11.9. The van der Waals surface area contributed by atoms with Crippen molar-refractivity contribution in [1.82, 2.24) is 15.2 Å². The van der Waals surface area contributed by atoms with E-state index in [4.69, 9.17) is 0 Å². The van der Waals surface area contributed by atoms with E-state index in [0.717, 1.165) is 29.9 Å². The minimum atomic E-state index is 0.854. The number of hydrogen-bond donors (Lipinski definition) is 1. The van der Waals surface area contributed by atoms with E-state index in [0.29, 0.717) is 0 Å². The lowest BCUT2D eigenvalue weighted by Gasteiger charge is -2.26. The average Bonchev–Trinajstić information content (AvgIpc) is 2.36. The number of hydrogen-bond acceptors (Lipinski definition) is 3.